The highest BCUT2D eigenvalue weighted by Crippen LogP contribution is 2.34. The molecule has 0 saturated heterocycles. The van der Waals surface area contributed by atoms with E-state index in [-0.39, 0.29) is 0 Å². The first kappa shape index (κ1) is 9.82. The lowest BCUT2D eigenvalue weighted by Crippen LogP contribution is -2.40. The minimum atomic E-state index is -3.62. The van der Waals surface area contributed by atoms with Crippen LogP contribution in [0.3, 0.4) is 0 Å². The van der Waals surface area contributed by atoms with Crippen molar-refractivity contribution in [2.75, 3.05) is 16.6 Å². The normalized spacial score (nSPS) is 16.5. The molecule has 14 heavy (non-hydrogen) atoms. The van der Waals surface area contributed by atoms with Crippen molar-refractivity contribution < 1.29 is 8.42 Å². The molecule has 6 heteroatoms. The van der Waals surface area contributed by atoms with Crippen LogP contribution >= 0.6 is 11.8 Å². The van der Waals surface area contributed by atoms with E-state index < -0.39 is 10.2 Å². The Bertz CT molecular complexity index is 444. The highest BCUT2D eigenvalue weighted by Gasteiger charge is 2.24. The Kier molecular flexibility index (Phi) is 2.42. The summed E-state index contributed by atoms with van der Waals surface area (Å²) in [5, 5.41) is 5.11. The molecule has 1 aromatic carbocycles. The number of nitrogens with zero attached hydrogens (tertiary/aromatic N) is 1. The molecule has 1 aliphatic heterocycles. The Morgan fingerprint density at radius 3 is 2.79 bits per heavy atom. The Labute approximate surface area is 87.3 Å². The zero-order chi connectivity index (χ0) is 10.2. The molecule has 1 aromatic rings. The summed E-state index contributed by atoms with van der Waals surface area (Å²) >= 11 is 1.65. The Morgan fingerprint density at radius 2 is 2.07 bits per heavy atom. The summed E-state index contributed by atoms with van der Waals surface area (Å²) in [4.78, 5) is 0.966. The summed E-state index contributed by atoms with van der Waals surface area (Å²) in [7, 11) is -3.62. The first-order valence-corrected chi connectivity index (χ1v) is 6.60. The first-order valence-electron chi connectivity index (χ1n) is 4.11. The van der Waals surface area contributed by atoms with Gasteiger partial charge in [-0.3, -0.25) is 4.31 Å². The monoisotopic (exact) mass is 230 g/mol. The van der Waals surface area contributed by atoms with E-state index in [2.05, 4.69) is 0 Å². The highest BCUT2D eigenvalue weighted by atomic mass is 32.2. The van der Waals surface area contributed by atoms with Gasteiger partial charge in [-0.2, -0.15) is 8.42 Å². The minimum absolute atomic E-state index is 0.445. The van der Waals surface area contributed by atoms with Crippen LogP contribution in [0.15, 0.2) is 29.2 Å². The number of fused-ring (bicyclic) bond motifs is 1. The number of rotatable bonds is 1. The molecule has 4 nitrogen and oxygen atoms in total. The summed E-state index contributed by atoms with van der Waals surface area (Å²) in [5.41, 5.74) is 0.686. The van der Waals surface area contributed by atoms with Gasteiger partial charge in [-0.25, -0.2) is 5.14 Å². The number of anilines is 1. The van der Waals surface area contributed by atoms with Crippen molar-refractivity contribution in [3.8, 4) is 0 Å². The third-order valence-corrected chi connectivity index (χ3v) is 4.03. The van der Waals surface area contributed by atoms with Gasteiger partial charge in [0, 0.05) is 17.2 Å². The topological polar surface area (TPSA) is 63.4 Å². The molecule has 1 heterocycles. The number of hydrogen-bond acceptors (Lipinski definition) is 3. The molecule has 1 aliphatic rings. The van der Waals surface area contributed by atoms with Crippen molar-refractivity contribution in [2.24, 2.45) is 5.14 Å². The third-order valence-electron chi connectivity index (χ3n) is 1.99. The van der Waals surface area contributed by atoms with E-state index >= 15 is 0 Å². The highest BCUT2D eigenvalue weighted by molar-refractivity contribution is 7.99. The molecule has 0 atom stereocenters. The van der Waals surface area contributed by atoms with Crippen molar-refractivity contribution in [2.45, 2.75) is 4.90 Å². The van der Waals surface area contributed by atoms with Crippen LogP contribution in [0, 0.1) is 0 Å². The molecule has 0 fully saturated rings. The Morgan fingerprint density at radius 1 is 1.36 bits per heavy atom. The van der Waals surface area contributed by atoms with Crippen LogP contribution in [-0.4, -0.2) is 20.7 Å². The van der Waals surface area contributed by atoms with Crippen molar-refractivity contribution in [1.29, 1.82) is 0 Å². The maximum absolute atomic E-state index is 11.2. The van der Waals surface area contributed by atoms with E-state index in [1.807, 2.05) is 18.2 Å². The fourth-order valence-electron chi connectivity index (χ4n) is 1.41. The van der Waals surface area contributed by atoms with Gasteiger partial charge in [-0.15, -0.1) is 11.8 Å². The summed E-state index contributed by atoms with van der Waals surface area (Å²) < 4.78 is 23.7. The van der Waals surface area contributed by atoms with Gasteiger partial charge in [0.2, 0.25) is 0 Å². The molecule has 0 radical (unpaired) electrons. The van der Waals surface area contributed by atoms with Crippen LogP contribution < -0.4 is 9.44 Å². The fourth-order valence-corrected chi connectivity index (χ4v) is 3.36. The zero-order valence-corrected chi connectivity index (χ0v) is 9.01. The maximum atomic E-state index is 11.2. The standard InChI is InChI=1S/C8H10N2O2S2/c9-14(11,12)10-5-6-13-8-4-2-1-3-7(8)10/h1-4H,5-6H2,(H2,9,11,12). The molecule has 2 N–H and O–H groups in total. The summed E-state index contributed by atoms with van der Waals surface area (Å²) in [5.74, 6) is 0.743. The van der Waals surface area contributed by atoms with Gasteiger partial charge in [0.05, 0.1) is 5.69 Å². The Balaban J connectivity index is 2.51. The fraction of sp³-hybridized carbons (Fsp3) is 0.250. The van der Waals surface area contributed by atoms with Gasteiger partial charge < -0.3 is 0 Å². The van der Waals surface area contributed by atoms with Crippen molar-refractivity contribution in [3.05, 3.63) is 24.3 Å². The predicted octanol–water partition coefficient (Wildman–Crippen LogP) is 0.802. The number of nitrogens with two attached hydrogens (primary N) is 1. The van der Waals surface area contributed by atoms with Gasteiger partial charge in [-0.05, 0) is 12.1 Å². The van der Waals surface area contributed by atoms with Gasteiger partial charge >= 0.3 is 0 Å². The molecular formula is C8H10N2O2S2. The van der Waals surface area contributed by atoms with E-state index in [0.29, 0.717) is 12.2 Å². The SMILES string of the molecule is NS(=O)(=O)N1CCSc2ccccc21. The van der Waals surface area contributed by atoms with Crippen LogP contribution in [0.2, 0.25) is 0 Å². The first-order chi connectivity index (χ1) is 6.59. The average molecular weight is 230 g/mol. The smallest absolute Gasteiger partial charge is 0.256 e. The molecule has 0 spiro atoms. The van der Waals surface area contributed by atoms with E-state index in [4.69, 9.17) is 5.14 Å². The maximum Gasteiger partial charge on any atom is 0.299 e. The van der Waals surface area contributed by atoms with Gasteiger partial charge in [0.1, 0.15) is 0 Å². The molecule has 76 valence electrons. The van der Waals surface area contributed by atoms with E-state index in [9.17, 15) is 8.42 Å². The number of hydrogen-bond donors (Lipinski definition) is 1. The zero-order valence-electron chi connectivity index (χ0n) is 7.38. The second kappa shape index (κ2) is 3.45. The largest absolute Gasteiger partial charge is 0.299 e. The van der Waals surface area contributed by atoms with Gasteiger partial charge in [-0.1, -0.05) is 12.1 Å². The molecule has 0 amide bonds. The van der Waals surface area contributed by atoms with E-state index in [1.54, 1.807) is 17.8 Å². The van der Waals surface area contributed by atoms with Crippen molar-refractivity contribution in [3.63, 3.8) is 0 Å². The van der Waals surface area contributed by atoms with Gasteiger partial charge in [0.25, 0.3) is 10.2 Å². The van der Waals surface area contributed by atoms with Crippen molar-refractivity contribution in [1.82, 2.24) is 0 Å². The molecule has 0 aromatic heterocycles. The lowest BCUT2D eigenvalue weighted by atomic mass is 10.3. The van der Waals surface area contributed by atoms with E-state index in [0.717, 1.165) is 10.6 Å². The number of benzene rings is 1. The van der Waals surface area contributed by atoms with Crippen LogP contribution in [0.5, 0.6) is 0 Å². The minimum Gasteiger partial charge on any atom is -0.256 e. The summed E-state index contributed by atoms with van der Waals surface area (Å²) in [6.45, 7) is 0.445. The molecule has 0 unspecified atom stereocenters. The lowest BCUT2D eigenvalue weighted by molar-refractivity contribution is 0.593. The molecule has 0 bridgehead atoms. The number of para-hydroxylation sites is 1. The number of thioether (sulfide) groups is 1. The summed E-state index contributed by atoms with van der Waals surface area (Å²) in [6, 6.07) is 7.37. The molecule has 0 aliphatic carbocycles. The van der Waals surface area contributed by atoms with Crippen molar-refractivity contribution >= 4 is 27.7 Å². The van der Waals surface area contributed by atoms with Crippen LogP contribution in [0.1, 0.15) is 0 Å². The second-order valence-corrected chi connectivity index (χ2v) is 5.54. The lowest BCUT2D eigenvalue weighted by Gasteiger charge is -2.27. The van der Waals surface area contributed by atoms with Crippen LogP contribution in [0.25, 0.3) is 0 Å². The third kappa shape index (κ3) is 1.73. The van der Waals surface area contributed by atoms with E-state index in [1.165, 1.54) is 4.31 Å². The quantitative estimate of drug-likeness (QED) is 0.776. The molecule has 0 saturated carbocycles. The predicted molar refractivity (Wildman–Crippen MR) is 57.6 cm³/mol. The average Bonchev–Trinajstić information content (AvgIpc) is 2.15. The van der Waals surface area contributed by atoms with Crippen LogP contribution in [-0.2, 0) is 10.2 Å². The van der Waals surface area contributed by atoms with Crippen LogP contribution in [0.4, 0.5) is 5.69 Å². The molecular weight excluding hydrogens is 220 g/mol. The molecule has 2 rings (SSSR count). The Hall–Kier alpha value is -0.720. The second-order valence-electron chi connectivity index (χ2n) is 2.93. The van der Waals surface area contributed by atoms with Gasteiger partial charge in [0.15, 0.2) is 0 Å². The summed E-state index contributed by atoms with van der Waals surface area (Å²) in [6.07, 6.45) is 0.